The molecule has 0 aliphatic rings. The van der Waals surface area contributed by atoms with E-state index < -0.39 is 5.97 Å². The molecule has 0 atom stereocenters. The first kappa shape index (κ1) is 14.3. The van der Waals surface area contributed by atoms with Crippen molar-refractivity contribution in [3.05, 3.63) is 57.8 Å². The third-order valence-electron chi connectivity index (χ3n) is 2.42. The maximum Gasteiger partial charge on any atom is 0.343 e. The molecule has 20 heavy (non-hydrogen) atoms. The van der Waals surface area contributed by atoms with Gasteiger partial charge in [-0.15, -0.1) is 0 Å². The van der Waals surface area contributed by atoms with E-state index in [4.69, 9.17) is 33.2 Å². The summed E-state index contributed by atoms with van der Waals surface area (Å²) in [6, 6.07) is 11.5. The highest BCUT2D eigenvalue weighted by Crippen LogP contribution is 2.18. The first-order valence-corrected chi connectivity index (χ1v) is 6.35. The second-order valence-corrected chi connectivity index (χ2v) is 4.64. The van der Waals surface area contributed by atoms with E-state index in [1.54, 1.807) is 24.3 Å². The lowest BCUT2D eigenvalue weighted by atomic mass is 10.2. The van der Waals surface area contributed by atoms with Crippen molar-refractivity contribution in [1.29, 1.82) is 5.26 Å². The van der Waals surface area contributed by atoms with E-state index in [0.717, 1.165) is 5.56 Å². The lowest BCUT2D eigenvalue weighted by Crippen LogP contribution is -2.08. The van der Waals surface area contributed by atoms with Gasteiger partial charge in [-0.2, -0.15) is 5.26 Å². The molecule has 0 radical (unpaired) electrons. The van der Waals surface area contributed by atoms with Gasteiger partial charge in [-0.05, 0) is 29.8 Å². The molecule has 0 aliphatic carbocycles. The monoisotopic (exact) mass is 306 g/mol. The van der Waals surface area contributed by atoms with Gasteiger partial charge in [0.2, 0.25) is 0 Å². The molecule has 0 spiro atoms. The summed E-state index contributed by atoms with van der Waals surface area (Å²) in [4.78, 5) is 15.7. The zero-order chi connectivity index (χ0) is 14.5. The van der Waals surface area contributed by atoms with Crippen LogP contribution in [0.3, 0.4) is 0 Å². The molecule has 6 heteroatoms. The third kappa shape index (κ3) is 3.70. The topological polar surface area (TPSA) is 63.0 Å². The standard InChI is InChI=1S/C14H8Cl2N2O2/c15-12-7-10(8-13(16)18-12)14(19)20-11-3-1-9(2-4-11)5-6-17/h1-4,7-8H,5H2. The van der Waals surface area contributed by atoms with Crippen LogP contribution in [0.15, 0.2) is 36.4 Å². The molecule has 2 rings (SSSR count). The van der Waals surface area contributed by atoms with E-state index >= 15 is 0 Å². The number of pyridine rings is 1. The highest BCUT2D eigenvalue weighted by atomic mass is 35.5. The van der Waals surface area contributed by atoms with Crippen LogP contribution in [0, 0.1) is 11.3 Å². The lowest BCUT2D eigenvalue weighted by Gasteiger charge is -2.05. The number of carbonyl (C=O) groups is 1. The van der Waals surface area contributed by atoms with Gasteiger partial charge in [0.05, 0.1) is 18.1 Å². The van der Waals surface area contributed by atoms with Gasteiger partial charge in [0, 0.05) is 0 Å². The van der Waals surface area contributed by atoms with E-state index in [1.165, 1.54) is 12.1 Å². The molecule has 0 amide bonds. The smallest absolute Gasteiger partial charge is 0.343 e. The summed E-state index contributed by atoms with van der Waals surface area (Å²) in [5.41, 5.74) is 1.07. The summed E-state index contributed by atoms with van der Waals surface area (Å²) in [7, 11) is 0. The number of rotatable bonds is 3. The Morgan fingerprint density at radius 3 is 2.35 bits per heavy atom. The van der Waals surface area contributed by atoms with Gasteiger partial charge < -0.3 is 4.74 Å². The van der Waals surface area contributed by atoms with E-state index in [2.05, 4.69) is 4.98 Å². The minimum atomic E-state index is -0.579. The van der Waals surface area contributed by atoms with Crippen LogP contribution in [0.1, 0.15) is 15.9 Å². The SMILES string of the molecule is N#CCc1ccc(OC(=O)c2cc(Cl)nc(Cl)c2)cc1. The van der Waals surface area contributed by atoms with Crippen molar-refractivity contribution >= 4 is 29.2 Å². The van der Waals surface area contributed by atoms with E-state index in [0.29, 0.717) is 12.2 Å². The van der Waals surface area contributed by atoms with Crippen molar-refractivity contribution in [2.75, 3.05) is 0 Å². The Labute approximate surface area is 125 Å². The number of aromatic nitrogens is 1. The Hall–Kier alpha value is -2.09. The molecule has 0 aliphatic heterocycles. The van der Waals surface area contributed by atoms with Crippen LogP contribution in [0.25, 0.3) is 0 Å². The number of hydrogen-bond acceptors (Lipinski definition) is 4. The van der Waals surface area contributed by atoms with Crippen LogP contribution in [-0.4, -0.2) is 11.0 Å². The predicted octanol–water partition coefficient (Wildman–Crippen LogP) is 3.67. The number of nitrogens with zero attached hydrogens (tertiary/aromatic N) is 2. The van der Waals surface area contributed by atoms with Gasteiger partial charge in [-0.3, -0.25) is 0 Å². The summed E-state index contributed by atoms with van der Waals surface area (Å²) in [6.07, 6.45) is 0.309. The number of hydrogen-bond donors (Lipinski definition) is 0. The summed E-state index contributed by atoms with van der Waals surface area (Å²) in [6.45, 7) is 0. The number of nitriles is 1. The maximum atomic E-state index is 11.9. The largest absolute Gasteiger partial charge is 0.423 e. The van der Waals surface area contributed by atoms with Crippen LogP contribution < -0.4 is 4.74 Å². The average Bonchev–Trinajstić information content (AvgIpc) is 2.40. The molecule has 1 aromatic carbocycles. The molecule has 100 valence electrons. The number of esters is 1. The second kappa shape index (κ2) is 6.38. The second-order valence-electron chi connectivity index (χ2n) is 3.87. The Balaban J connectivity index is 2.13. The van der Waals surface area contributed by atoms with E-state index in [1.807, 2.05) is 6.07 Å². The maximum absolute atomic E-state index is 11.9. The molecule has 1 aromatic heterocycles. The predicted molar refractivity (Wildman–Crippen MR) is 75.0 cm³/mol. The lowest BCUT2D eigenvalue weighted by molar-refractivity contribution is 0.0734. The van der Waals surface area contributed by atoms with Crippen LogP contribution in [0.5, 0.6) is 5.75 Å². The third-order valence-corrected chi connectivity index (χ3v) is 2.80. The summed E-state index contributed by atoms with van der Waals surface area (Å²) in [5, 5.41) is 8.81. The first-order chi connectivity index (χ1) is 9.58. The molecule has 0 fully saturated rings. The van der Waals surface area contributed by atoms with Gasteiger partial charge in [0.25, 0.3) is 0 Å². The highest BCUT2D eigenvalue weighted by molar-refractivity contribution is 6.32. The minimum Gasteiger partial charge on any atom is -0.423 e. The molecule has 1 heterocycles. The zero-order valence-electron chi connectivity index (χ0n) is 10.1. The van der Waals surface area contributed by atoms with Gasteiger partial charge >= 0.3 is 5.97 Å². The number of carbonyl (C=O) groups excluding carboxylic acids is 1. The molecule has 0 N–H and O–H groups in total. The quantitative estimate of drug-likeness (QED) is 0.493. The van der Waals surface area contributed by atoms with Gasteiger partial charge in [0.15, 0.2) is 0 Å². The highest BCUT2D eigenvalue weighted by Gasteiger charge is 2.11. The Morgan fingerprint density at radius 2 is 1.80 bits per heavy atom. The van der Waals surface area contributed by atoms with Crippen molar-refractivity contribution in [2.24, 2.45) is 0 Å². The van der Waals surface area contributed by atoms with Crippen LogP contribution in [-0.2, 0) is 6.42 Å². The van der Waals surface area contributed by atoms with E-state index in [-0.39, 0.29) is 15.9 Å². The molecule has 0 saturated carbocycles. The van der Waals surface area contributed by atoms with Crippen molar-refractivity contribution < 1.29 is 9.53 Å². The molecular weight excluding hydrogens is 299 g/mol. The molecule has 0 bridgehead atoms. The van der Waals surface area contributed by atoms with Gasteiger partial charge in [-0.1, -0.05) is 35.3 Å². The fourth-order valence-electron chi connectivity index (χ4n) is 1.52. The summed E-state index contributed by atoms with van der Waals surface area (Å²) >= 11 is 11.4. The normalized spacial score (nSPS) is 9.85. The molecular formula is C14H8Cl2N2O2. The first-order valence-electron chi connectivity index (χ1n) is 5.59. The zero-order valence-corrected chi connectivity index (χ0v) is 11.6. The average molecular weight is 307 g/mol. The van der Waals surface area contributed by atoms with Gasteiger partial charge in [-0.25, -0.2) is 9.78 Å². The van der Waals surface area contributed by atoms with Crippen LogP contribution >= 0.6 is 23.2 Å². The Bertz CT molecular complexity index is 658. The van der Waals surface area contributed by atoms with Crippen LogP contribution in [0.2, 0.25) is 10.3 Å². The Morgan fingerprint density at radius 1 is 1.20 bits per heavy atom. The van der Waals surface area contributed by atoms with Crippen molar-refractivity contribution in [1.82, 2.24) is 4.98 Å². The van der Waals surface area contributed by atoms with Crippen molar-refractivity contribution in [3.63, 3.8) is 0 Å². The summed E-state index contributed by atoms with van der Waals surface area (Å²) < 4.78 is 5.18. The van der Waals surface area contributed by atoms with Gasteiger partial charge in [0.1, 0.15) is 16.1 Å². The summed E-state index contributed by atoms with van der Waals surface area (Å²) in [5.74, 6) is -0.204. The molecule has 0 unspecified atom stereocenters. The van der Waals surface area contributed by atoms with Crippen molar-refractivity contribution in [2.45, 2.75) is 6.42 Å². The molecule has 4 nitrogen and oxygen atoms in total. The number of halogens is 2. The minimum absolute atomic E-state index is 0.119. The van der Waals surface area contributed by atoms with Crippen LogP contribution in [0.4, 0.5) is 0 Å². The number of benzene rings is 1. The molecule has 2 aromatic rings. The number of ether oxygens (including phenoxy) is 1. The Kier molecular flexibility index (Phi) is 4.57. The fraction of sp³-hybridized carbons (Fsp3) is 0.0714. The van der Waals surface area contributed by atoms with E-state index in [9.17, 15) is 4.79 Å². The fourth-order valence-corrected chi connectivity index (χ4v) is 1.98. The molecule has 0 saturated heterocycles. The van der Waals surface area contributed by atoms with Crippen molar-refractivity contribution in [3.8, 4) is 11.8 Å².